The maximum Gasteiger partial charge on any atom is 0.227 e. The van der Waals surface area contributed by atoms with Crippen LogP contribution in [0.4, 0.5) is 16.0 Å². The molecule has 0 bridgehead atoms. The van der Waals surface area contributed by atoms with Crippen LogP contribution in [0.1, 0.15) is 18.2 Å². The molecule has 0 fully saturated rings. The average molecular weight is 371 g/mol. The van der Waals surface area contributed by atoms with Gasteiger partial charge < -0.3 is 15.5 Å². The van der Waals surface area contributed by atoms with Gasteiger partial charge in [0, 0.05) is 17.4 Å². The summed E-state index contributed by atoms with van der Waals surface area (Å²) in [4.78, 5) is 8.04. The number of anilines is 2. The third-order valence-electron chi connectivity index (χ3n) is 4.06. The minimum Gasteiger partial charge on any atom is -0.393 e. The molecule has 1 atom stereocenters. The maximum atomic E-state index is 13.3. The van der Waals surface area contributed by atoms with Gasteiger partial charge in [-0.05, 0) is 44.0 Å². The van der Waals surface area contributed by atoms with Crippen molar-refractivity contribution in [3.63, 3.8) is 0 Å². The van der Waals surface area contributed by atoms with Crippen LogP contribution in [0, 0.1) is 19.7 Å². The smallest absolute Gasteiger partial charge is 0.227 e. The zero-order valence-corrected chi connectivity index (χ0v) is 15.4. The van der Waals surface area contributed by atoms with Gasteiger partial charge >= 0.3 is 0 Å². The van der Waals surface area contributed by atoms with Crippen LogP contribution in [0.2, 0.25) is 0 Å². The number of benzene rings is 1. The van der Waals surface area contributed by atoms with E-state index in [0.717, 1.165) is 28.6 Å². The van der Waals surface area contributed by atoms with Crippen molar-refractivity contribution in [2.24, 2.45) is 0 Å². The van der Waals surface area contributed by atoms with Gasteiger partial charge in [-0.2, -0.15) is 5.10 Å². The average Bonchev–Trinajstić information content (AvgIpc) is 3.05. The number of hydrogen-bond acceptors (Lipinski definition) is 6. The zero-order chi connectivity index (χ0) is 19.6. The van der Waals surface area contributed by atoms with Crippen molar-refractivity contribution in [3.8, 4) is 11.1 Å². The van der Waals surface area contributed by atoms with Crippen molar-refractivity contribution in [2.75, 3.05) is 11.9 Å². The summed E-state index contributed by atoms with van der Waals surface area (Å²) >= 11 is 0. The van der Waals surface area contributed by atoms with Crippen LogP contribution in [-0.2, 0) is 6.54 Å². The summed E-state index contributed by atoms with van der Waals surface area (Å²) in [6, 6.07) is 5.86. The van der Waals surface area contributed by atoms with E-state index in [0.29, 0.717) is 5.95 Å². The van der Waals surface area contributed by atoms with Crippen molar-refractivity contribution in [2.45, 2.75) is 32.9 Å². The Hall–Kier alpha value is -2.84. The van der Waals surface area contributed by atoms with Gasteiger partial charge in [-0.25, -0.2) is 14.4 Å². The number of hydrogen-bond donors (Lipinski definition) is 3. The first-order valence-corrected chi connectivity index (χ1v) is 8.50. The number of aryl methyl sites for hydroxylation is 2. The number of aliphatic hydroxyl groups is 2. The molecule has 3 N–H and O–H groups in total. The van der Waals surface area contributed by atoms with Crippen LogP contribution in [0.3, 0.4) is 0 Å². The number of nitrogens with zero attached hydrogens (tertiary/aromatic N) is 4. The van der Waals surface area contributed by atoms with Gasteiger partial charge in [-0.3, -0.25) is 4.68 Å². The maximum absolute atomic E-state index is 13.3. The fraction of sp³-hybridized carbons (Fsp3) is 0.316. The van der Waals surface area contributed by atoms with Crippen LogP contribution < -0.4 is 5.32 Å². The van der Waals surface area contributed by atoms with Gasteiger partial charge in [0.1, 0.15) is 5.60 Å². The first kappa shape index (κ1) is 18.9. The van der Waals surface area contributed by atoms with E-state index in [9.17, 15) is 14.6 Å². The first-order valence-electron chi connectivity index (χ1n) is 8.50. The van der Waals surface area contributed by atoms with Crippen LogP contribution in [0.25, 0.3) is 11.1 Å². The van der Waals surface area contributed by atoms with Gasteiger partial charge in [0.2, 0.25) is 5.95 Å². The molecule has 2 aromatic heterocycles. The van der Waals surface area contributed by atoms with E-state index in [1.165, 1.54) is 0 Å². The Morgan fingerprint density at radius 2 is 1.96 bits per heavy atom. The molecule has 0 spiro atoms. The van der Waals surface area contributed by atoms with E-state index >= 15 is 0 Å². The minimum atomic E-state index is -1.24. The Morgan fingerprint density at radius 1 is 1.19 bits per heavy atom. The molecule has 27 heavy (non-hydrogen) atoms. The van der Waals surface area contributed by atoms with E-state index in [1.54, 1.807) is 30.9 Å². The molecule has 142 valence electrons. The Morgan fingerprint density at radius 3 is 2.67 bits per heavy atom. The van der Waals surface area contributed by atoms with Gasteiger partial charge in [-0.1, -0.05) is 6.07 Å². The lowest BCUT2D eigenvalue weighted by molar-refractivity contribution is -0.0145. The summed E-state index contributed by atoms with van der Waals surface area (Å²) in [5.41, 5.74) is 2.62. The summed E-state index contributed by atoms with van der Waals surface area (Å²) in [7, 11) is 0. The minimum absolute atomic E-state index is 0.184. The van der Waals surface area contributed by atoms with Crippen molar-refractivity contribution >= 4 is 11.6 Å². The topological polar surface area (TPSA) is 96.1 Å². The third-order valence-corrected chi connectivity index (χ3v) is 4.06. The Labute approximate surface area is 156 Å². The SMILES string of the molecule is Cc1cc(Nc2ncc(F)c(C)n2)cc(-c2cnn(C[C@](C)(O)CO)c2)c1. The van der Waals surface area contributed by atoms with Crippen LogP contribution in [-0.4, -0.2) is 42.2 Å². The monoisotopic (exact) mass is 371 g/mol. The van der Waals surface area contributed by atoms with Crippen LogP contribution in [0.5, 0.6) is 0 Å². The molecular weight excluding hydrogens is 349 g/mol. The lowest BCUT2D eigenvalue weighted by Gasteiger charge is -2.19. The molecule has 0 radical (unpaired) electrons. The Balaban J connectivity index is 1.85. The highest BCUT2D eigenvalue weighted by molar-refractivity contribution is 5.70. The summed E-state index contributed by atoms with van der Waals surface area (Å²) in [6.45, 7) is 4.93. The number of nitrogens with one attached hydrogen (secondary N) is 1. The summed E-state index contributed by atoms with van der Waals surface area (Å²) in [5.74, 6) is -0.128. The molecule has 1 aromatic carbocycles. The summed E-state index contributed by atoms with van der Waals surface area (Å²) < 4.78 is 14.9. The highest BCUT2D eigenvalue weighted by Gasteiger charge is 2.20. The second-order valence-electron chi connectivity index (χ2n) is 6.92. The quantitative estimate of drug-likeness (QED) is 0.616. The Kier molecular flexibility index (Phi) is 5.20. The third kappa shape index (κ3) is 4.66. The second-order valence-corrected chi connectivity index (χ2v) is 6.92. The fourth-order valence-electron chi connectivity index (χ4n) is 2.66. The summed E-state index contributed by atoms with van der Waals surface area (Å²) in [6.07, 6.45) is 4.64. The predicted octanol–water partition coefficient (Wildman–Crippen LogP) is 2.58. The highest BCUT2D eigenvalue weighted by Crippen LogP contribution is 2.26. The molecule has 0 saturated heterocycles. The van der Waals surface area contributed by atoms with Crippen LogP contribution in [0.15, 0.2) is 36.8 Å². The van der Waals surface area contributed by atoms with E-state index in [4.69, 9.17) is 0 Å². The van der Waals surface area contributed by atoms with Crippen molar-refractivity contribution in [3.05, 3.63) is 53.9 Å². The van der Waals surface area contributed by atoms with E-state index in [-0.39, 0.29) is 18.8 Å². The molecule has 3 rings (SSSR count). The van der Waals surface area contributed by atoms with Gasteiger partial charge in [-0.15, -0.1) is 0 Å². The van der Waals surface area contributed by atoms with Crippen molar-refractivity contribution in [1.29, 1.82) is 0 Å². The number of aromatic nitrogens is 4. The van der Waals surface area contributed by atoms with Crippen LogP contribution >= 0.6 is 0 Å². The van der Waals surface area contributed by atoms with Gasteiger partial charge in [0.25, 0.3) is 0 Å². The van der Waals surface area contributed by atoms with Crippen molar-refractivity contribution < 1.29 is 14.6 Å². The molecule has 0 unspecified atom stereocenters. The van der Waals surface area contributed by atoms with Gasteiger partial charge in [0.15, 0.2) is 5.82 Å². The Bertz CT molecular complexity index is 955. The lowest BCUT2D eigenvalue weighted by atomic mass is 10.1. The predicted molar refractivity (Wildman–Crippen MR) is 100 cm³/mol. The standard InChI is InChI=1S/C19H22FN5O2/c1-12-4-14(15-7-22-25(9-15)10-19(3,27)11-26)6-16(5-12)24-18-21-8-17(20)13(2)23-18/h4-9,26-27H,10-11H2,1-3H3,(H,21,23,24)/t19-/m0/s1. The van der Waals surface area contributed by atoms with E-state index < -0.39 is 11.4 Å². The number of rotatable bonds is 6. The zero-order valence-electron chi connectivity index (χ0n) is 15.4. The molecule has 0 aliphatic carbocycles. The van der Waals surface area contributed by atoms with Gasteiger partial charge in [0.05, 0.1) is 31.2 Å². The number of halogens is 1. The van der Waals surface area contributed by atoms with E-state index in [2.05, 4.69) is 20.4 Å². The normalized spacial score (nSPS) is 13.4. The van der Waals surface area contributed by atoms with Crippen molar-refractivity contribution in [1.82, 2.24) is 19.7 Å². The number of aliphatic hydroxyl groups excluding tert-OH is 1. The largest absolute Gasteiger partial charge is 0.393 e. The van der Waals surface area contributed by atoms with E-state index in [1.807, 2.05) is 25.1 Å². The molecular formula is C19H22FN5O2. The molecule has 3 aromatic rings. The highest BCUT2D eigenvalue weighted by atomic mass is 19.1. The first-order chi connectivity index (χ1) is 12.8. The molecule has 0 amide bonds. The molecule has 0 aliphatic rings. The second kappa shape index (κ2) is 7.42. The molecule has 8 heteroatoms. The molecule has 0 aliphatic heterocycles. The molecule has 7 nitrogen and oxygen atoms in total. The fourth-order valence-corrected chi connectivity index (χ4v) is 2.66. The molecule has 2 heterocycles. The molecule has 0 saturated carbocycles. The summed E-state index contributed by atoms with van der Waals surface area (Å²) in [5, 5.41) is 26.5. The lowest BCUT2D eigenvalue weighted by Crippen LogP contribution is -2.34.